The van der Waals surface area contributed by atoms with Gasteiger partial charge in [-0.2, -0.15) is 0 Å². The third kappa shape index (κ3) is 2.72. The van der Waals surface area contributed by atoms with Gasteiger partial charge in [-0.3, -0.25) is 0 Å². The first-order valence-corrected chi connectivity index (χ1v) is 6.53. The van der Waals surface area contributed by atoms with E-state index in [2.05, 4.69) is 29.0 Å². The van der Waals surface area contributed by atoms with Crippen LogP contribution in [0.3, 0.4) is 0 Å². The lowest BCUT2D eigenvalue weighted by Gasteiger charge is -2.18. The Kier molecular flexibility index (Phi) is 3.89. The molecule has 0 spiro atoms. The largest absolute Gasteiger partial charge is 0.355 e. The third-order valence-electron chi connectivity index (χ3n) is 3.55. The predicted octanol–water partition coefficient (Wildman–Crippen LogP) is 2.55. The van der Waals surface area contributed by atoms with Crippen LogP contribution in [-0.2, 0) is 6.54 Å². The maximum atomic E-state index is 6.31. The average Bonchev–Trinajstić information content (AvgIpc) is 2.59. The minimum Gasteiger partial charge on any atom is -0.355 e. The molecule has 1 aliphatic heterocycles. The van der Waals surface area contributed by atoms with Crippen LogP contribution in [0.25, 0.3) is 0 Å². The van der Waals surface area contributed by atoms with Gasteiger partial charge in [0.15, 0.2) is 0 Å². The lowest BCUT2D eigenvalue weighted by Crippen LogP contribution is -2.21. The second-order valence-corrected chi connectivity index (χ2v) is 5.45. The molecule has 0 aromatic carbocycles. The highest BCUT2D eigenvalue weighted by Gasteiger charge is 2.27. The first-order valence-electron chi connectivity index (χ1n) is 6.15. The maximum absolute atomic E-state index is 6.31. The van der Waals surface area contributed by atoms with Crippen molar-refractivity contribution in [2.75, 3.05) is 25.0 Å². The van der Waals surface area contributed by atoms with Crippen LogP contribution < -0.4 is 10.2 Å². The van der Waals surface area contributed by atoms with Gasteiger partial charge in [0.2, 0.25) is 0 Å². The van der Waals surface area contributed by atoms with Crippen molar-refractivity contribution in [3.8, 4) is 0 Å². The van der Waals surface area contributed by atoms with Gasteiger partial charge in [-0.05, 0) is 30.5 Å². The molecule has 2 rings (SSSR count). The molecule has 0 radical (unpaired) electrons. The molecule has 0 bridgehead atoms. The zero-order valence-electron chi connectivity index (χ0n) is 10.7. The fourth-order valence-corrected chi connectivity index (χ4v) is 2.61. The van der Waals surface area contributed by atoms with Crippen molar-refractivity contribution >= 4 is 17.4 Å². The number of hydrogen-bond acceptors (Lipinski definition) is 3. The molecule has 0 amide bonds. The number of nitrogens with one attached hydrogen (secondary N) is 1. The van der Waals surface area contributed by atoms with E-state index < -0.39 is 0 Å². The number of hydrogen-bond donors (Lipinski definition) is 1. The summed E-state index contributed by atoms with van der Waals surface area (Å²) in [7, 11) is 1.92. The molecular formula is C13H20ClN3. The minimum atomic E-state index is 0.713. The summed E-state index contributed by atoms with van der Waals surface area (Å²) < 4.78 is 0. The maximum Gasteiger partial charge on any atom is 0.147 e. The molecule has 94 valence electrons. The number of aromatic nitrogens is 1. The summed E-state index contributed by atoms with van der Waals surface area (Å²) in [5.74, 6) is 2.36. The van der Waals surface area contributed by atoms with Crippen molar-refractivity contribution in [3.63, 3.8) is 0 Å². The standard InChI is InChI=1S/C13H20ClN3/c1-9-7-17(8-10(9)2)13-12(14)4-11(5-15-3)6-16-13/h4,6,9-10,15H,5,7-8H2,1-3H3. The van der Waals surface area contributed by atoms with Crippen molar-refractivity contribution in [1.29, 1.82) is 0 Å². The van der Waals surface area contributed by atoms with Gasteiger partial charge in [-0.25, -0.2) is 4.98 Å². The monoisotopic (exact) mass is 253 g/mol. The molecule has 1 fully saturated rings. The van der Waals surface area contributed by atoms with Crippen LogP contribution in [0.15, 0.2) is 12.3 Å². The number of pyridine rings is 1. The summed E-state index contributed by atoms with van der Waals surface area (Å²) in [5.41, 5.74) is 1.13. The number of nitrogens with zero attached hydrogens (tertiary/aromatic N) is 2. The summed E-state index contributed by atoms with van der Waals surface area (Å²) in [6.07, 6.45) is 1.91. The Morgan fingerprint density at radius 3 is 2.59 bits per heavy atom. The molecule has 1 aliphatic rings. The average molecular weight is 254 g/mol. The predicted molar refractivity (Wildman–Crippen MR) is 72.6 cm³/mol. The number of anilines is 1. The molecule has 17 heavy (non-hydrogen) atoms. The van der Waals surface area contributed by atoms with E-state index in [1.165, 1.54) is 0 Å². The second-order valence-electron chi connectivity index (χ2n) is 5.04. The van der Waals surface area contributed by atoms with Gasteiger partial charge in [0.1, 0.15) is 5.82 Å². The van der Waals surface area contributed by atoms with Gasteiger partial charge in [0, 0.05) is 25.8 Å². The van der Waals surface area contributed by atoms with Gasteiger partial charge in [-0.1, -0.05) is 25.4 Å². The number of halogens is 1. The van der Waals surface area contributed by atoms with E-state index in [1.807, 2.05) is 19.3 Å². The third-order valence-corrected chi connectivity index (χ3v) is 3.83. The van der Waals surface area contributed by atoms with Crippen molar-refractivity contribution < 1.29 is 0 Å². The van der Waals surface area contributed by atoms with E-state index in [0.29, 0.717) is 11.8 Å². The van der Waals surface area contributed by atoms with Crippen molar-refractivity contribution in [3.05, 3.63) is 22.8 Å². The zero-order valence-corrected chi connectivity index (χ0v) is 11.5. The Bertz CT molecular complexity index is 384. The fourth-order valence-electron chi connectivity index (χ4n) is 2.31. The fraction of sp³-hybridized carbons (Fsp3) is 0.615. The van der Waals surface area contributed by atoms with Crippen LogP contribution in [0, 0.1) is 11.8 Å². The van der Waals surface area contributed by atoms with Crippen molar-refractivity contribution in [2.24, 2.45) is 11.8 Å². The van der Waals surface area contributed by atoms with E-state index in [9.17, 15) is 0 Å². The van der Waals surface area contributed by atoms with Crippen LogP contribution in [0.2, 0.25) is 5.02 Å². The Hall–Kier alpha value is -0.800. The summed E-state index contributed by atoms with van der Waals surface area (Å²) in [6, 6.07) is 2.01. The SMILES string of the molecule is CNCc1cnc(N2CC(C)C(C)C2)c(Cl)c1. The van der Waals surface area contributed by atoms with Crippen LogP contribution in [0.4, 0.5) is 5.82 Å². The minimum absolute atomic E-state index is 0.713. The summed E-state index contributed by atoms with van der Waals surface area (Å²) >= 11 is 6.31. The molecule has 1 aromatic heterocycles. The Morgan fingerprint density at radius 1 is 1.41 bits per heavy atom. The van der Waals surface area contributed by atoms with Crippen LogP contribution in [-0.4, -0.2) is 25.1 Å². The Morgan fingerprint density at radius 2 is 2.06 bits per heavy atom. The van der Waals surface area contributed by atoms with Gasteiger partial charge in [0.25, 0.3) is 0 Å². The highest BCUT2D eigenvalue weighted by atomic mass is 35.5. The Labute approximate surface area is 108 Å². The molecule has 1 N–H and O–H groups in total. The first-order chi connectivity index (χ1) is 8.11. The van der Waals surface area contributed by atoms with E-state index >= 15 is 0 Å². The highest BCUT2D eigenvalue weighted by Crippen LogP contribution is 2.31. The summed E-state index contributed by atoms with van der Waals surface area (Å²) in [6.45, 7) is 7.49. The molecule has 2 atom stereocenters. The molecule has 3 nitrogen and oxygen atoms in total. The topological polar surface area (TPSA) is 28.2 Å². The van der Waals surface area contributed by atoms with Gasteiger partial charge in [0.05, 0.1) is 5.02 Å². The summed E-state index contributed by atoms with van der Waals surface area (Å²) in [4.78, 5) is 6.79. The van der Waals surface area contributed by atoms with Crippen LogP contribution in [0.1, 0.15) is 19.4 Å². The van der Waals surface area contributed by atoms with Gasteiger partial charge < -0.3 is 10.2 Å². The van der Waals surface area contributed by atoms with Crippen molar-refractivity contribution in [1.82, 2.24) is 10.3 Å². The smallest absolute Gasteiger partial charge is 0.147 e. The van der Waals surface area contributed by atoms with Crippen molar-refractivity contribution in [2.45, 2.75) is 20.4 Å². The van der Waals surface area contributed by atoms with E-state index in [1.54, 1.807) is 0 Å². The van der Waals surface area contributed by atoms with Crippen LogP contribution >= 0.6 is 11.6 Å². The molecule has 1 saturated heterocycles. The number of rotatable bonds is 3. The molecule has 0 saturated carbocycles. The lowest BCUT2D eigenvalue weighted by atomic mass is 10.0. The second kappa shape index (κ2) is 5.23. The normalized spacial score (nSPS) is 24.4. The first kappa shape index (κ1) is 12.7. The van der Waals surface area contributed by atoms with E-state index in [4.69, 9.17) is 11.6 Å². The van der Waals surface area contributed by atoms with Crippen LogP contribution in [0.5, 0.6) is 0 Å². The molecular weight excluding hydrogens is 234 g/mol. The zero-order chi connectivity index (χ0) is 12.4. The van der Waals surface area contributed by atoms with E-state index in [-0.39, 0.29) is 0 Å². The molecule has 0 aliphatic carbocycles. The van der Waals surface area contributed by atoms with Gasteiger partial charge >= 0.3 is 0 Å². The Balaban J connectivity index is 2.17. The van der Waals surface area contributed by atoms with E-state index in [0.717, 1.165) is 36.0 Å². The quantitative estimate of drug-likeness (QED) is 0.898. The molecule has 4 heteroatoms. The summed E-state index contributed by atoms with van der Waals surface area (Å²) in [5, 5.41) is 3.87. The highest BCUT2D eigenvalue weighted by molar-refractivity contribution is 6.33. The molecule has 1 aromatic rings. The molecule has 2 unspecified atom stereocenters. The lowest BCUT2D eigenvalue weighted by molar-refractivity contribution is 0.494. The van der Waals surface area contributed by atoms with Gasteiger partial charge in [-0.15, -0.1) is 0 Å². The molecule has 2 heterocycles.